The molecule has 1 aliphatic heterocycles. The molecule has 3 rings (SSSR count). The van der Waals surface area contributed by atoms with Gasteiger partial charge in [0.05, 0.1) is 10.7 Å². The molecular weight excluding hydrogens is 359 g/mol. The van der Waals surface area contributed by atoms with Crippen molar-refractivity contribution < 1.29 is 9.13 Å². The van der Waals surface area contributed by atoms with E-state index in [0.717, 1.165) is 11.3 Å². The second kappa shape index (κ2) is 5.23. The monoisotopic (exact) mass is 370 g/mol. The van der Waals surface area contributed by atoms with Gasteiger partial charge in [-0.15, -0.1) is 0 Å². The third-order valence-corrected chi connectivity index (χ3v) is 5.41. The van der Waals surface area contributed by atoms with Gasteiger partial charge in [-0.1, -0.05) is 24.6 Å². The van der Waals surface area contributed by atoms with E-state index in [9.17, 15) is 4.39 Å². The predicted molar refractivity (Wildman–Crippen MR) is 83.1 cm³/mol. The molecule has 2 N–H and O–H groups in total. The van der Waals surface area contributed by atoms with Crippen molar-refractivity contribution in [2.75, 3.05) is 6.54 Å². The highest BCUT2D eigenvalue weighted by Gasteiger charge is 2.49. The summed E-state index contributed by atoms with van der Waals surface area (Å²) in [6.07, 6.45) is 1.69. The number of nitrogens with zero attached hydrogens (tertiary/aromatic N) is 1. The van der Waals surface area contributed by atoms with Crippen molar-refractivity contribution in [1.29, 1.82) is 0 Å². The Morgan fingerprint density at radius 1 is 1.52 bits per heavy atom. The highest BCUT2D eigenvalue weighted by Crippen LogP contribution is 2.53. The molecule has 0 radical (unpaired) electrons. The molecule has 21 heavy (non-hydrogen) atoms. The summed E-state index contributed by atoms with van der Waals surface area (Å²) in [5, 5.41) is 0.0537. The van der Waals surface area contributed by atoms with E-state index in [2.05, 4.69) is 20.9 Å². The fraction of sp³-hybridized carbons (Fsp3) is 0.267. The normalized spacial score (nSPS) is 23.8. The van der Waals surface area contributed by atoms with E-state index < -0.39 is 11.4 Å². The first-order valence-corrected chi connectivity index (χ1v) is 7.66. The van der Waals surface area contributed by atoms with Crippen molar-refractivity contribution in [2.45, 2.75) is 18.4 Å². The Kier molecular flexibility index (Phi) is 3.67. The van der Waals surface area contributed by atoms with Crippen LogP contribution in [0.15, 0.2) is 34.9 Å². The lowest BCUT2D eigenvalue weighted by atomic mass is 9.83. The molecule has 1 aromatic carbocycles. The number of fused-ring (bicyclic) bond motifs is 1. The number of hydrogen-bond acceptors (Lipinski definition) is 3. The molecule has 1 aliphatic rings. The van der Waals surface area contributed by atoms with Gasteiger partial charge in [0.1, 0.15) is 11.6 Å². The molecule has 0 fully saturated rings. The van der Waals surface area contributed by atoms with Crippen molar-refractivity contribution in [1.82, 2.24) is 4.98 Å². The van der Waals surface area contributed by atoms with Gasteiger partial charge in [0.2, 0.25) is 0 Å². The Hall–Kier alpha value is -1.17. The van der Waals surface area contributed by atoms with E-state index in [4.69, 9.17) is 22.1 Å². The Bertz CT molecular complexity index is 698. The lowest BCUT2D eigenvalue weighted by molar-refractivity contribution is 0.0752. The number of halogens is 3. The Labute approximate surface area is 135 Å². The van der Waals surface area contributed by atoms with Crippen molar-refractivity contribution in [2.24, 2.45) is 5.73 Å². The smallest absolute Gasteiger partial charge is 0.169 e. The third kappa shape index (κ3) is 2.06. The summed E-state index contributed by atoms with van der Waals surface area (Å²) >= 11 is 9.35. The molecule has 2 aromatic rings. The number of hydrogen-bond donors (Lipinski definition) is 1. The van der Waals surface area contributed by atoms with Gasteiger partial charge in [0.15, 0.2) is 5.60 Å². The zero-order chi connectivity index (χ0) is 15.2. The second-order valence-electron chi connectivity index (χ2n) is 5.03. The van der Waals surface area contributed by atoms with Gasteiger partial charge in [-0.2, -0.15) is 0 Å². The molecule has 0 bridgehead atoms. The van der Waals surface area contributed by atoms with E-state index in [1.165, 1.54) is 6.07 Å². The van der Waals surface area contributed by atoms with Gasteiger partial charge in [-0.05, 0) is 28.1 Å². The Morgan fingerprint density at radius 2 is 2.29 bits per heavy atom. The van der Waals surface area contributed by atoms with Gasteiger partial charge in [0, 0.05) is 34.8 Å². The second-order valence-corrected chi connectivity index (χ2v) is 6.20. The minimum absolute atomic E-state index is 0.0537. The number of aromatic nitrogens is 1. The summed E-state index contributed by atoms with van der Waals surface area (Å²) in [6.45, 7) is 2.21. The molecule has 2 heterocycles. The van der Waals surface area contributed by atoms with E-state index in [1.54, 1.807) is 6.20 Å². The van der Waals surface area contributed by atoms with Crippen LogP contribution >= 0.6 is 27.5 Å². The number of ether oxygens (including phenoxy) is 1. The molecule has 0 saturated heterocycles. The number of rotatable bonds is 2. The van der Waals surface area contributed by atoms with Gasteiger partial charge in [0.25, 0.3) is 0 Å². The molecule has 0 aliphatic carbocycles. The summed E-state index contributed by atoms with van der Waals surface area (Å²) in [4.78, 5) is 4.36. The quantitative estimate of drug-likeness (QED) is 0.812. The van der Waals surface area contributed by atoms with Crippen LogP contribution in [0.25, 0.3) is 0 Å². The van der Waals surface area contributed by atoms with Crippen LogP contribution in [0.5, 0.6) is 5.75 Å². The topological polar surface area (TPSA) is 48.1 Å². The predicted octanol–water partition coefficient (Wildman–Crippen LogP) is 3.99. The Morgan fingerprint density at radius 3 is 2.90 bits per heavy atom. The van der Waals surface area contributed by atoms with Gasteiger partial charge >= 0.3 is 0 Å². The average molecular weight is 372 g/mol. The number of nitrogens with two attached hydrogens (primary N) is 1. The fourth-order valence-corrected chi connectivity index (χ4v) is 3.69. The summed E-state index contributed by atoms with van der Waals surface area (Å²) in [5.74, 6) is -0.185. The van der Waals surface area contributed by atoms with Crippen LogP contribution in [-0.2, 0) is 5.60 Å². The maximum Gasteiger partial charge on any atom is 0.169 e. The Balaban J connectivity index is 2.19. The molecule has 110 valence electrons. The first-order valence-electron chi connectivity index (χ1n) is 6.49. The maximum absolute atomic E-state index is 13.8. The molecule has 1 aromatic heterocycles. The number of benzene rings is 1. The van der Waals surface area contributed by atoms with Crippen LogP contribution in [0, 0.1) is 5.82 Å². The lowest BCUT2D eigenvalue weighted by Crippen LogP contribution is -2.42. The van der Waals surface area contributed by atoms with Crippen molar-refractivity contribution >= 4 is 27.5 Å². The van der Waals surface area contributed by atoms with Gasteiger partial charge in [-0.3, -0.25) is 4.98 Å². The fourth-order valence-electron chi connectivity index (χ4n) is 2.80. The van der Waals surface area contributed by atoms with E-state index >= 15 is 0 Å². The maximum atomic E-state index is 13.8. The van der Waals surface area contributed by atoms with Gasteiger partial charge in [-0.25, -0.2) is 4.39 Å². The summed E-state index contributed by atoms with van der Waals surface area (Å²) in [7, 11) is 0. The van der Waals surface area contributed by atoms with Crippen LogP contribution in [0.3, 0.4) is 0 Å². The lowest BCUT2D eigenvalue weighted by Gasteiger charge is -2.31. The van der Waals surface area contributed by atoms with E-state index in [1.807, 2.05) is 25.1 Å². The standard InChI is InChI=1S/C15H13BrClFN2O/c1-8-12-10(6-9(18)14(17)13(12)16)21-15(8,7-19)11-4-2-3-5-20-11/h2-6,8H,7,19H2,1H3. The first-order chi connectivity index (χ1) is 10.0. The third-order valence-electron chi connectivity index (χ3n) is 3.99. The SMILES string of the molecule is CC1c2c(cc(F)c(Cl)c2Br)OC1(CN)c1ccccn1. The largest absolute Gasteiger partial charge is 0.479 e. The van der Waals surface area contributed by atoms with Crippen LogP contribution in [-0.4, -0.2) is 11.5 Å². The van der Waals surface area contributed by atoms with Crippen LogP contribution in [0.4, 0.5) is 4.39 Å². The minimum Gasteiger partial charge on any atom is -0.479 e. The minimum atomic E-state index is -0.816. The molecule has 6 heteroatoms. The van der Waals surface area contributed by atoms with Crippen molar-refractivity contribution in [3.63, 3.8) is 0 Å². The van der Waals surface area contributed by atoms with E-state index in [-0.39, 0.29) is 17.5 Å². The van der Waals surface area contributed by atoms with Gasteiger partial charge < -0.3 is 10.5 Å². The van der Waals surface area contributed by atoms with Crippen molar-refractivity contribution in [3.05, 3.63) is 57.0 Å². The molecule has 0 saturated carbocycles. The molecule has 2 atom stereocenters. The van der Waals surface area contributed by atoms with Crippen molar-refractivity contribution in [3.8, 4) is 5.75 Å². The zero-order valence-corrected chi connectivity index (χ0v) is 13.6. The highest BCUT2D eigenvalue weighted by atomic mass is 79.9. The van der Waals surface area contributed by atoms with E-state index in [0.29, 0.717) is 10.2 Å². The van der Waals surface area contributed by atoms with Crippen LogP contribution in [0.1, 0.15) is 24.1 Å². The molecule has 3 nitrogen and oxygen atoms in total. The summed E-state index contributed by atoms with van der Waals surface area (Å²) < 4.78 is 20.4. The first kappa shape index (κ1) is 14.8. The zero-order valence-electron chi connectivity index (χ0n) is 11.2. The summed E-state index contributed by atoms with van der Waals surface area (Å²) in [5.41, 5.74) is 6.71. The molecule has 0 amide bonds. The highest BCUT2D eigenvalue weighted by molar-refractivity contribution is 9.10. The number of pyridine rings is 1. The molecule has 2 unspecified atom stereocenters. The summed E-state index contributed by atoms with van der Waals surface area (Å²) in [6, 6.07) is 6.87. The molecule has 0 spiro atoms. The molecular formula is C15H13BrClFN2O. The van der Waals surface area contributed by atoms with Crippen LogP contribution < -0.4 is 10.5 Å². The van der Waals surface area contributed by atoms with Crippen LogP contribution in [0.2, 0.25) is 5.02 Å². The average Bonchev–Trinajstić information content (AvgIpc) is 2.79.